The van der Waals surface area contributed by atoms with Gasteiger partial charge < -0.3 is 9.88 Å². The Morgan fingerprint density at radius 3 is 2.68 bits per heavy atom. The minimum atomic E-state index is -0.151. The molecule has 0 bridgehead atoms. The van der Waals surface area contributed by atoms with Crippen LogP contribution in [-0.2, 0) is 7.05 Å². The van der Waals surface area contributed by atoms with Gasteiger partial charge in [0.2, 0.25) is 0 Å². The summed E-state index contributed by atoms with van der Waals surface area (Å²) in [4.78, 5) is 12.7. The number of hydrogen-bond acceptors (Lipinski definition) is 2. The Labute approximate surface area is 152 Å². The second-order valence-electron chi connectivity index (χ2n) is 6.41. The molecule has 0 atom stereocenters. The van der Waals surface area contributed by atoms with Crippen LogP contribution in [0, 0.1) is 5.92 Å². The zero-order valence-corrected chi connectivity index (χ0v) is 15.3. The summed E-state index contributed by atoms with van der Waals surface area (Å²) in [5.41, 5.74) is 2.92. The van der Waals surface area contributed by atoms with Crippen LogP contribution < -0.4 is 5.32 Å². The van der Waals surface area contributed by atoms with Gasteiger partial charge in [0.05, 0.1) is 11.4 Å². The first-order chi connectivity index (χ1) is 12.0. The molecule has 0 radical (unpaired) electrons. The summed E-state index contributed by atoms with van der Waals surface area (Å²) in [6.07, 6.45) is 1.95. The Bertz CT molecular complexity index is 894. The van der Waals surface area contributed by atoms with Gasteiger partial charge in [-0.1, -0.05) is 31.5 Å². The molecule has 130 valence electrons. The highest BCUT2D eigenvalue weighted by Gasteiger charge is 2.18. The number of hydrogen-bond donors (Lipinski definition) is 1. The number of carbonyl (C=O) groups is 1. The summed E-state index contributed by atoms with van der Waals surface area (Å²) in [5.74, 6) is 0.223. The van der Waals surface area contributed by atoms with Crippen molar-refractivity contribution in [3.8, 4) is 17.1 Å². The quantitative estimate of drug-likeness (QED) is 0.753. The van der Waals surface area contributed by atoms with Gasteiger partial charge in [0.15, 0.2) is 0 Å². The van der Waals surface area contributed by atoms with Crippen molar-refractivity contribution in [2.45, 2.75) is 13.8 Å². The minimum Gasteiger partial charge on any atom is -0.350 e. The first kappa shape index (κ1) is 17.3. The van der Waals surface area contributed by atoms with E-state index in [1.165, 1.54) is 0 Å². The van der Waals surface area contributed by atoms with Crippen LogP contribution in [0.2, 0.25) is 5.02 Å². The number of benzene rings is 1. The first-order valence-corrected chi connectivity index (χ1v) is 8.59. The van der Waals surface area contributed by atoms with Gasteiger partial charge in [-0.25, -0.2) is 4.68 Å². The van der Waals surface area contributed by atoms with Gasteiger partial charge in [-0.3, -0.25) is 4.79 Å². The molecule has 0 aliphatic heterocycles. The average molecular weight is 357 g/mol. The minimum absolute atomic E-state index is 0.151. The molecule has 2 aromatic heterocycles. The van der Waals surface area contributed by atoms with Gasteiger partial charge in [-0.15, -0.1) is 0 Å². The van der Waals surface area contributed by atoms with Crippen LogP contribution in [0.4, 0.5) is 0 Å². The molecule has 0 spiro atoms. The standard InChI is InChI=1S/C19H21ClN4O/c1-13(2)12-21-19(25)18-11-16(17-8-5-9-23(17)3)22-24(18)15-7-4-6-14(20)10-15/h4-11,13H,12H2,1-3H3,(H,21,25). The zero-order chi connectivity index (χ0) is 18.0. The van der Waals surface area contributed by atoms with Crippen molar-refractivity contribution in [3.05, 3.63) is 59.4 Å². The first-order valence-electron chi connectivity index (χ1n) is 8.21. The van der Waals surface area contributed by atoms with Crippen molar-refractivity contribution in [2.75, 3.05) is 6.54 Å². The van der Waals surface area contributed by atoms with Crippen molar-refractivity contribution in [3.63, 3.8) is 0 Å². The van der Waals surface area contributed by atoms with E-state index in [1.807, 2.05) is 48.1 Å². The Balaban J connectivity index is 2.06. The number of aromatic nitrogens is 3. The molecule has 3 rings (SSSR count). The molecular formula is C19H21ClN4O. The van der Waals surface area contributed by atoms with Crippen LogP contribution in [0.15, 0.2) is 48.7 Å². The third kappa shape index (κ3) is 3.77. The molecule has 3 aromatic rings. The van der Waals surface area contributed by atoms with Crippen LogP contribution in [0.1, 0.15) is 24.3 Å². The summed E-state index contributed by atoms with van der Waals surface area (Å²) >= 11 is 6.12. The molecule has 0 fully saturated rings. The Kier molecular flexibility index (Phi) is 4.95. The van der Waals surface area contributed by atoms with Crippen LogP contribution in [0.5, 0.6) is 0 Å². The van der Waals surface area contributed by atoms with Crippen LogP contribution >= 0.6 is 11.6 Å². The topological polar surface area (TPSA) is 51.9 Å². The van der Waals surface area contributed by atoms with Crippen molar-refractivity contribution < 1.29 is 4.79 Å². The molecule has 0 aliphatic rings. The average Bonchev–Trinajstić information content (AvgIpc) is 3.18. The number of amides is 1. The fourth-order valence-electron chi connectivity index (χ4n) is 2.59. The summed E-state index contributed by atoms with van der Waals surface area (Å²) in [6.45, 7) is 4.73. The molecule has 5 nitrogen and oxygen atoms in total. The monoisotopic (exact) mass is 356 g/mol. The van der Waals surface area contributed by atoms with Crippen molar-refractivity contribution in [2.24, 2.45) is 13.0 Å². The van der Waals surface area contributed by atoms with E-state index in [9.17, 15) is 4.79 Å². The summed E-state index contributed by atoms with van der Waals surface area (Å²) in [7, 11) is 1.95. The molecule has 0 unspecified atom stereocenters. The van der Waals surface area contributed by atoms with E-state index in [1.54, 1.807) is 16.8 Å². The van der Waals surface area contributed by atoms with Crippen molar-refractivity contribution in [1.29, 1.82) is 0 Å². The lowest BCUT2D eigenvalue weighted by molar-refractivity contribution is 0.0941. The van der Waals surface area contributed by atoms with Gasteiger partial charge in [-0.05, 0) is 42.3 Å². The number of carbonyl (C=O) groups excluding carboxylic acids is 1. The largest absolute Gasteiger partial charge is 0.350 e. The van der Waals surface area contributed by atoms with Gasteiger partial charge >= 0.3 is 0 Å². The maximum Gasteiger partial charge on any atom is 0.270 e. The molecule has 0 saturated carbocycles. The number of aryl methyl sites for hydroxylation is 1. The number of rotatable bonds is 5. The fraction of sp³-hybridized carbons (Fsp3) is 0.263. The molecule has 1 amide bonds. The van der Waals surface area contributed by atoms with E-state index < -0.39 is 0 Å². The molecule has 0 saturated heterocycles. The highest BCUT2D eigenvalue weighted by molar-refractivity contribution is 6.30. The summed E-state index contributed by atoms with van der Waals surface area (Å²) in [5, 5.41) is 8.21. The molecule has 1 aromatic carbocycles. The van der Waals surface area contributed by atoms with E-state index in [-0.39, 0.29) is 5.91 Å². The van der Waals surface area contributed by atoms with E-state index in [0.717, 1.165) is 17.1 Å². The van der Waals surface area contributed by atoms with E-state index in [4.69, 9.17) is 11.6 Å². The van der Waals surface area contributed by atoms with E-state index in [2.05, 4.69) is 24.3 Å². The predicted octanol–water partition coefficient (Wildman–Crippen LogP) is 3.92. The zero-order valence-electron chi connectivity index (χ0n) is 14.5. The number of halogens is 1. The normalized spacial score (nSPS) is 11.1. The molecule has 25 heavy (non-hydrogen) atoms. The van der Waals surface area contributed by atoms with E-state index in [0.29, 0.717) is 23.2 Å². The molecule has 1 N–H and O–H groups in total. The Morgan fingerprint density at radius 1 is 1.24 bits per heavy atom. The second kappa shape index (κ2) is 7.15. The number of nitrogens with one attached hydrogen (secondary N) is 1. The highest BCUT2D eigenvalue weighted by Crippen LogP contribution is 2.23. The summed E-state index contributed by atoms with van der Waals surface area (Å²) < 4.78 is 3.62. The SMILES string of the molecule is CC(C)CNC(=O)c1cc(-c2cccn2C)nn1-c1cccc(Cl)c1. The van der Waals surface area contributed by atoms with Crippen LogP contribution in [-0.4, -0.2) is 26.8 Å². The molecular weight excluding hydrogens is 336 g/mol. The van der Waals surface area contributed by atoms with Crippen molar-refractivity contribution in [1.82, 2.24) is 19.7 Å². The maximum absolute atomic E-state index is 12.7. The Morgan fingerprint density at radius 2 is 2.04 bits per heavy atom. The molecule has 0 aliphatic carbocycles. The lowest BCUT2D eigenvalue weighted by Crippen LogP contribution is -2.29. The third-order valence-electron chi connectivity index (χ3n) is 3.87. The fourth-order valence-corrected chi connectivity index (χ4v) is 2.77. The van der Waals surface area contributed by atoms with Gasteiger partial charge in [0.25, 0.3) is 5.91 Å². The Hall–Kier alpha value is -2.53. The smallest absolute Gasteiger partial charge is 0.270 e. The van der Waals surface area contributed by atoms with Crippen molar-refractivity contribution >= 4 is 17.5 Å². The molecule has 6 heteroatoms. The third-order valence-corrected chi connectivity index (χ3v) is 4.11. The van der Waals surface area contributed by atoms with Gasteiger partial charge in [0.1, 0.15) is 11.4 Å². The lowest BCUT2D eigenvalue weighted by Gasteiger charge is -2.10. The highest BCUT2D eigenvalue weighted by atomic mass is 35.5. The second-order valence-corrected chi connectivity index (χ2v) is 6.85. The predicted molar refractivity (Wildman–Crippen MR) is 100 cm³/mol. The molecule has 2 heterocycles. The van der Waals surface area contributed by atoms with Gasteiger partial charge in [-0.2, -0.15) is 5.10 Å². The number of nitrogens with zero attached hydrogens (tertiary/aromatic N) is 3. The maximum atomic E-state index is 12.7. The lowest BCUT2D eigenvalue weighted by atomic mass is 10.2. The summed E-state index contributed by atoms with van der Waals surface area (Å²) in [6, 6.07) is 13.1. The van der Waals surface area contributed by atoms with Crippen LogP contribution in [0.3, 0.4) is 0 Å². The van der Waals surface area contributed by atoms with E-state index >= 15 is 0 Å². The van der Waals surface area contributed by atoms with Crippen LogP contribution in [0.25, 0.3) is 17.1 Å². The van der Waals surface area contributed by atoms with Gasteiger partial charge in [0, 0.05) is 24.8 Å².